The number of carboxylic acids is 1. The van der Waals surface area contributed by atoms with Crippen molar-refractivity contribution in [2.45, 2.75) is 19.4 Å². The summed E-state index contributed by atoms with van der Waals surface area (Å²) in [5.74, 6) is -1.15. The van der Waals surface area contributed by atoms with E-state index in [1.54, 1.807) is 36.5 Å². The molecule has 1 aromatic carbocycles. The van der Waals surface area contributed by atoms with E-state index in [1.165, 1.54) is 0 Å². The summed E-state index contributed by atoms with van der Waals surface area (Å²) in [4.78, 5) is 21.0. The Balaban J connectivity index is 2.20. The van der Waals surface area contributed by atoms with Crippen LogP contribution in [0.5, 0.6) is 0 Å². The van der Waals surface area contributed by atoms with Gasteiger partial charge in [0.05, 0.1) is 18.9 Å². The van der Waals surface area contributed by atoms with E-state index in [0.717, 1.165) is 5.56 Å². The molecule has 1 saturated heterocycles. The maximum Gasteiger partial charge on any atom is 0.358 e. The van der Waals surface area contributed by atoms with Crippen LogP contribution in [0, 0.1) is 0 Å². The molecule has 0 amide bonds. The Bertz CT molecular complexity index is 669. The zero-order valence-corrected chi connectivity index (χ0v) is 13.5. The molecule has 2 rings (SSSR count). The molecule has 1 N–H and O–H groups in total. The topological polar surface area (TPSA) is 80.5 Å². The van der Waals surface area contributed by atoms with E-state index in [9.17, 15) is 9.90 Å². The number of aliphatic imine (C=N–C) groups is 1. The molecule has 0 unspecified atom stereocenters. The van der Waals surface area contributed by atoms with Gasteiger partial charge >= 0.3 is 5.97 Å². The van der Waals surface area contributed by atoms with Gasteiger partial charge in [-0.05, 0) is 13.0 Å². The lowest BCUT2D eigenvalue weighted by Crippen LogP contribution is -2.18. The lowest BCUT2D eigenvalue weighted by atomic mass is 10.0. The number of carboxylic acid groups (broad SMARTS) is 1. The molecule has 0 saturated carbocycles. The molecule has 1 heterocycles. The average Bonchev–Trinajstić information content (AvgIpc) is 3.10. The van der Waals surface area contributed by atoms with Crippen molar-refractivity contribution in [3.63, 3.8) is 0 Å². The molecule has 0 bridgehead atoms. The van der Waals surface area contributed by atoms with Gasteiger partial charge < -0.3 is 14.7 Å². The van der Waals surface area contributed by atoms with E-state index >= 15 is 0 Å². The molecule has 0 radical (unpaired) electrons. The minimum absolute atomic E-state index is 0.140. The monoisotopic (exact) mass is 328 g/mol. The molecule has 0 spiro atoms. The van der Waals surface area contributed by atoms with E-state index in [1.807, 2.05) is 13.0 Å². The summed E-state index contributed by atoms with van der Waals surface area (Å²) in [6.45, 7) is 6.64. The van der Waals surface area contributed by atoms with Crippen molar-refractivity contribution < 1.29 is 19.5 Å². The van der Waals surface area contributed by atoms with Gasteiger partial charge in [-0.25, -0.2) is 4.79 Å². The first-order valence-electron chi connectivity index (χ1n) is 7.62. The van der Waals surface area contributed by atoms with Crippen molar-refractivity contribution in [1.82, 2.24) is 0 Å². The van der Waals surface area contributed by atoms with Gasteiger partial charge in [-0.1, -0.05) is 42.1 Å². The molecule has 0 aromatic heterocycles. The van der Waals surface area contributed by atoms with Crippen molar-refractivity contribution in [3.8, 4) is 0 Å². The summed E-state index contributed by atoms with van der Waals surface area (Å²) < 4.78 is 5.17. The van der Waals surface area contributed by atoms with Gasteiger partial charge in [0.25, 0.3) is 0 Å². The first-order valence-corrected chi connectivity index (χ1v) is 7.62. The summed E-state index contributed by atoms with van der Waals surface area (Å²) in [6.07, 6.45) is 5.65. The van der Waals surface area contributed by atoms with Crippen LogP contribution in [-0.2, 0) is 14.4 Å². The second-order valence-electron chi connectivity index (χ2n) is 5.11. The van der Waals surface area contributed by atoms with Crippen molar-refractivity contribution in [2.24, 2.45) is 10.1 Å². The van der Waals surface area contributed by atoms with Crippen LogP contribution in [0.25, 0.3) is 0 Å². The van der Waals surface area contributed by atoms with Gasteiger partial charge in [-0.3, -0.25) is 4.99 Å². The summed E-state index contributed by atoms with van der Waals surface area (Å²) in [6, 6.07) is 6.89. The zero-order chi connectivity index (χ0) is 17.4. The third-order valence-electron chi connectivity index (χ3n) is 3.39. The predicted octanol–water partition coefficient (Wildman–Crippen LogP) is 2.79. The van der Waals surface area contributed by atoms with E-state index in [0.29, 0.717) is 30.9 Å². The Kier molecular flexibility index (Phi) is 6.45. The number of hydrogen-bond donors (Lipinski definition) is 1. The lowest BCUT2D eigenvalue weighted by molar-refractivity contribution is -0.129. The second kappa shape index (κ2) is 8.79. The zero-order valence-electron chi connectivity index (χ0n) is 13.5. The number of hydrogen-bond acceptors (Lipinski definition) is 5. The minimum Gasteiger partial charge on any atom is -0.476 e. The van der Waals surface area contributed by atoms with Crippen LogP contribution in [0.1, 0.15) is 24.5 Å². The third-order valence-corrected chi connectivity index (χ3v) is 3.39. The number of oxime groups is 1. The number of carbonyl (C=O) groups is 1. The Morgan fingerprint density at radius 3 is 2.62 bits per heavy atom. The molecule has 1 fully saturated rings. The molecule has 1 aliphatic heterocycles. The summed E-state index contributed by atoms with van der Waals surface area (Å²) >= 11 is 0. The van der Waals surface area contributed by atoms with Gasteiger partial charge in [0.15, 0.2) is 11.8 Å². The normalized spacial score (nSPS) is 18.8. The Morgan fingerprint density at radius 2 is 2.08 bits per heavy atom. The average molecular weight is 328 g/mol. The van der Waals surface area contributed by atoms with Gasteiger partial charge in [-0.2, -0.15) is 0 Å². The van der Waals surface area contributed by atoms with Gasteiger partial charge in [0.2, 0.25) is 0 Å². The number of rotatable bonds is 7. The quantitative estimate of drug-likeness (QED) is 0.616. The van der Waals surface area contributed by atoms with Crippen LogP contribution in [-0.4, -0.2) is 41.8 Å². The maximum atomic E-state index is 11.4. The highest BCUT2D eigenvalue weighted by molar-refractivity contribution is 6.42. The number of benzene rings is 1. The molecule has 6 nitrogen and oxygen atoms in total. The summed E-state index contributed by atoms with van der Waals surface area (Å²) in [7, 11) is 0. The number of allylic oxidation sites excluding steroid dienone is 2. The first-order chi connectivity index (χ1) is 11.7. The fourth-order valence-electron chi connectivity index (χ4n) is 2.14. The van der Waals surface area contributed by atoms with E-state index in [-0.39, 0.29) is 11.8 Å². The molecule has 0 aliphatic carbocycles. The maximum absolute atomic E-state index is 11.4. The highest BCUT2D eigenvalue weighted by Crippen LogP contribution is 2.12. The van der Waals surface area contributed by atoms with Crippen LogP contribution in [0.4, 0.5) is 0 Å². The molecule has 24 heavy (non-hydrogen) atoms. The van der Waals surface area contributed by atoms with Crippen LogP contribution >= 0.6 is 0 Å². The summed E-state index contributed by atoms with van der Waals surface area (Å²) in [5.41, 5.74) is 1.85. The van der Waals surface area contributed by atoms with Crippen LogP contribution in [0.2, 0.25) is 0 Å². The molecular formula is C18H20N2O4. The molecule has 1 aliphatic rings. The van der Waals surface area contributed by atoms with Crippen LogP contribution in [0.3, 0.4) is 0 Å². The van der Waals surface area contributed by atoms with Gasteiger partial charge in [0, 0.05) is 23.7 Å². The van der Waals surface area contributed by atoms with Crippen LogP contribution in [0.15, 0.2) is 59.3 Å². The number of ether oxygens (including phenoxy) is 1. The van der Waals surface area contributed by atoms with Crippen molar-refractivity contribution in [3.05, 3.63) is 60.3 Å². The smallest absolute Gasteiger partial charge is 0.358 e. The standard InChI is InChI=1S/C18H20N2O4/c1-3-10-19-16(4-2)13-5-7-14(8-6-13)17(18(21)22)20-24-15-9-11-23-12-15/h3-8,10,15H,2,9,11-12H2,1H3,(H,21,22)/b10-3-,19-16?,20-17+/t15-/m1/s1. The Labute approximate surface area is 140 Å². The minimum atomic E-state index is -1.15. The third kappa shape index (κ3) is 4.63. The van der Waals surface area contributed by atoms with Gasteiger partial charge in [-0.15, -0.1) is 0 Å². The molecule has 1 aromatic rings. The number of aliphatic carboxylic acids is 1. The first kappa shape index (κ1) is 17.6. The van der Waals surface area contributed by atoms with Crippen molar-refractivity contribution in [2.75, 3.05) is 13.2 Å². The highest BCUT2D eigenvalue weighted by Gasteiger charge is 2.19. The second-order valence-corrected chi connectivity index (χ2v) is 5.11. The predicted molar refractivity (Wildman–Crippen MR) is 92.5 cm³/mol. The van der Waals surface area contributed by atoms with Crippen molar-refractivity contribution >= 4 is 17.4 Å². The Hall–Kier alpha value is -2.73. The van der Waals surface area contributed by atoms with Gasteiger partial charge in [0.1, 0.15) is 0 Å². The number of nitrogens with zero attached hydrogens (tertiary/aromatic N) is 2. The molecule has 1 atom stereocenters. The Morgan fingerprint density at radius 1 is 1.38 bits per heavy atom. The van der Waals surface area contributed by atoms with E-state index < -0.39 is 5.97 Å². The molecular weight excluding hydrogens is 308 g/mol. The highest BCUT2D eigenvalue weighted by atomic mass is 16.7. The molecule has 6 heteroatoms. The lowest BCUT2D eigenvalue weighted by Gasteiger charge is -2.08. The fourth-order valence-corrected chi connectivity index (χ4v) is 2.14. The van der Waals surface area contributed by atoms with Crippen LogP contribution < -0.4 is 0 Å². The van der Waals surface area contributed by atoms with Crippen molar-refractivity contribution in [1.29, 1.82) is 0 Å². The SMILES string of the molecule is C=CC(=N/C=C\C)c1ccc(/C(=N\O[C@@H]2CCOC2)C(=O)O)cc1. The fraction of sp³-hybridized carbons (Fsp3) is 0.278. The van der Waals surface area contributed by atoms with E-state index in [4.69, 9.17) is 9.57 Å². The molecule has 126 valence electrons. The summed E-state index contributed by atoms with van der Waals surface area (Å²) in [5, 5.41) is 13.1. The largest absolute Gasteiger partial charge is 0.476 e. The van der Waals surface area contributed by atoms with E-state index in [2.05, 4.69) is 16.7 Å².